The van der Waals surface area contributed by atoms with Gasteiger partial charge in [-0.25, -0.2) is 4.98 Å². The Balaban J connectivity index is 1.70. The number of aromatic amines is 1. The van der Waals surface area contributed by atoms with Crippen LogP contribution in [0.1, 0.15) is 36.4 Å². The van der Waals surface area contributed by atoms with Crippen molar-refractivity contribution in [2.75, 3.05) is 5.75 Å². The third-order valence-electron chi connectivity index (χ3n) is 3.68. The molecule has 0 bridgehead atoms. The highest BCUT2D eigenvalue weighted by Gasteiger charge is 2.31. The lowest BCUT2D eigenvalue weighted by Crippen LogP contribution is -2.23. The van der Waals surface area contributed by atoms with Crippen LogP contribution >= 0.6 is 27.7 Å². The molecule has 1 fully saturated rings. The highest BCUT2D eigenvalue weighted by Crippen LogP contribution is 2.43. The number of nitrogens with one attached hydrogen (secondary N) is 1. The zero-order valence-electron chi connectivity index (χ0n) is 11.1. The number of benzene rings is 1. The van der Waals surface area contributed by atoms with Crippen LogP contribution in [-0.4, -0.2) is 15.7 Å². The van der Waals surface area contributed by atoms with E-state index in [1.807, 2.05) is 24.3 Å². The first-order valence-electron chi connectivity index (χ1n) is 6.90. The quantitative estimate of drug-likeness (QED) is 0.883. The highest BCUT2D eigenvalue weighted by atomic mass is 79.9. The summed E-state index contributed by atoms with van der Waals surface area (Å²) in [6.07, 6.45) is 2.01. The molecule has 4 rings (SSSR count). The fraction of sp³-hybridized carbons (Fsp3) is 0.333. The Labute approximate surface area is 134 Å². The van der Waals surface area contributed by atoms with Gasteiger partial charge in [0, 0.05) is 16.6 Å². The summed E-state index contributed by atoms with van der Waals surface area (Å²) in [4.78, 5) is 20.7. The highest BCUT2D eigenvalue weighted by molar-refractivity contribution is 9.10. The summed E-state index contributed by atoms with van der Waals surface area (Å²) in [5.41, 5.74) is 0.760. The Morgan fingerprint density at radius 1 is 1.33 bits per heavy atom. The van der Waals surface area contributed by atoms with Crippen molar-refractivity contribution in [2.24, 2.45) is 0 Å². The van der Waals surface area contributed by atoms with E-state index in [9.17, 15) is 4.79 Å². The molecule has 6 heteroatoms. The van der Waals surface area contributed by atoms with Crippen LogP contribution in [0, 0.1) is 0 Å². The zero-order chi connectivity index (χ0) is 14.4. The van der Waals surface area contributed by atoms with Gasteiger partial charge in [0.05, 0.1) is 5.69 Å². The molecule has 1 unspecified atom stereocenters. The smallest absolute Gasteiger partial charge is 0.265 e. The van der Waals surface area contributed by atoms with Crippen molar-refractivity contribution < 1.29 is 4.74 Å². The summed E-state index contributed by atoms with van der Waals surface area (Å²) < 4.78 is 6.57. The maximum Gasteiger partial charge on any atom is 0.265 e. The molecule has 1 atom stereocenters. The molecule has 2 heterocycles. The number of ether oxygens (including phenoxy) is 1. The zero-order valence-corrected chi connectivity index (χ0v) is 13.5. The fourth-order valence-electron chi connectivity index (χ4n) is 2.43. The molecule has 1 aliphatic carbocycles. The van der Waals surface area contributed by atoms with Gasteiger partial charge in [0.1, 0.15) is 10.2 Å². The van der Waals surface area contributed by atoms with Crippen LogP contribution in [0.2, 0.25) is 0 Å². The van der Waals surface area contributed by atoms with Gasteiger partial charge < -0.3 is 9.72 Å². The summed E-state index contributed by atoms with van der Waals surface area (Å²) in [5.74, 6) is 2.67. The molecule has 1 aromatic carbocycles. The molecule has 0 saturated heterocycles. The average molecular weight is 365 g/mol. The van der Waals surface area contributed by atoms with E-state index in [0.717, 1.165) is 34.9 Å². The lowest BCUT2D eigenvalue weighted by atomic mass is 10.2. The van der Waals surface area contributed by atoms with Gasteiger partial charge in [-0.2, -0.15) is 0 Å². The first kappa shape index (κ1) is 13.4. The van der Waals surface area contributed by atoms with E-state index in [2.05, 4.69) is 25.9 Å². The first-order valence-corrected chi connectivity index (χ1v) is 8.68. The van der Waals surface area contributed by atoms with Crippen molar-refractivity contribution in [1.82, 2.24) is 9.97 Å². The third kappa shape index (κ3) is 2.51. The number of halogens is 1. The number of rotatable bonds is 2. The van der Waals surface area contributed by atoms with Gasteiger partial charge in [0.15, 0.2) is 11.9 Å². The Morgan fingerprint density at radius 3 is 2.95 bits per heavy atom. The average Bonchev–Trinajstić information content (AvgIpc) is 3.34. The van der Waals surface area contributed by atoms with Gasteiger partial charge in [-0.3, -0.25) is 4.79 Å². The summed E-state index contributed by atoms with van der Waals surface area (Å²) in [7, 11) is 0. The van der Waals surface area contributed by atoms with Crippen LogP contribution in [0.3, 0.4) is 0 Å². The molecular weight excluding hydrogens is 352 g/mol. The standard InChI is InChI=1S/C15H13BrN2O2S/c16-12-13(8-5-6-8)17-14(18-15(12)19)10-7-21-11-4-2-1-3-9(11)20-10/h1-4,8,10H,5-7H2,(H,17,18,19). The van der Waals surface area contributed by atoms with Crippen LogP contribution in [0.5, 0.6) is 5.75 Å². The van der Waals surface area contributed by atoms with Crippen molar-refractivity contribution in [3.05, 3.63) is 50.6 Å². The second kappa shape index (κ2) is 5.18. The summed E-state index contributed by atoms with van der Waals surface area (Å²) in [6, 6.07) is 7.95. The van der Waals surface area contributed by atoms with Crippen molar-refractivity contribution in [3.63, 3.8) is 0 Å². The monoisotopic (exact) mass is 364 g/mol. The number of para-hydroxylation sites is 1. The lowest BCUT2D eigenvalue weighted by Gasteiger charge is -2.25. The minimum atomic E-state index is -0.205. The molecule has 1 N–H and O–H groups in total. The molecular formula is C15H13BrN2O2S. The Hall–Kier alpha value is -1.27. The van der Waals surface area contributed by atoms with Crippen molar-refractivity contribution in [2.45, 2.75) is 29.8 Å². The lowest BCUT2D eigenvalue weighted by molar-refractivity contribution is 0.209. The van der Waals surface area contributed by atoms with Gasteiger partial charge in [-0.05, 0) is 40.9 Å². The minimum absolute atomic E-state index is 0.116. The second-order valence-corrected chi connectivity index (χ2v) is 7.14. The molecule has 1 aliphatic heterocycles. The molecule has 0 spiro atoms. The number of fused-ring (bicyclic) bond motifs is 1. The summed E-state index contributed by atoms with van der Waals surface area (Å²) >= 11 is 5.09. The summed E-state index contributed by atoms with van der Waals surface area (Å²) in [6.45, 7) is 0. The Morgan fingerprint density at radius 2 is 2.14 bits per heavy atom. The first-order chi connectivity index (χ1) is 10.2. The summed E-state index contributed by atoms with van der Waals surface area (Å²) in [5, 5.41) is 0. The second-order valence-electron chi connectivity index (χ2n) is 5.29. The van der Waals surface area contributed by atoms with E-state index in [-0.39, 0.29) is 11.7 Å². The van der Waals surface area contributed by atoms with Crippen LogP contribution in [-0.2, 0) is 0 Å². The number of H-pyrrole nitrogens is 1. The van der Waals surface area contributed by atoms with E-state index in [1.165, 1.54) is 0 Å². The Kier molecular flexibility index (Phi) is 3.30. The molecule has 1 saturated carbocycles. The molecule has 2 aliphatic rings. The predicted molar refractivity (Wildman–Crippen MR) is 85.1 cm³/mol. The van der Waals surface area contributed by atoms with Gasteiger partial charge in [0.25, 0.3) is 5.56 Å². The normalized spacial score (nSPS) is 20.7. The van der Waals surface area contributed by atoms with Crippen LogP contribution in [0.4, 0.5) is 0 Å². The number of hydrogen-bond acceptors (Lipinski definition) is 4. The third-order valence-corrected chi connectivity index (χ3v) is 5.57. The van der Waals surface area contributed by atoms with Gasteiger partial charge in [-0.1, -0.05) is 12.1 Å². The molecule has 108 valence electrons. The van der Waals surface area contributed by atoms with Crippen LogP contribution < -0.4 is 10.3 Å². The molecule has 0 amide bonds. The van der Waals surface area contributed by atoms with Gasteiger partial charge in [-0.15, -0.1) is 11.8 Å². The largest absolute Gasteiger partial charge is 0.480 e. The topological polar surface area (TPSA) is 55.0 Å². The SMILES string of the molecule is O=c1[nH]c(C2CSc3ccccc3O2)nc(C2CC2)c1Br. The number of aromatic nitrogens is 2. The van der Waals surface area contributed by atoms with Crippen molar-refractivity contribution in [1.29, 1.82) is 0 Å². The van der Waals surface area contributed by atoms with Crippen molar-refractivity contribution >= 4 is 27.7 Å². The fourth-order valence-corrected chi connectivity index (χ4v) is 3.93. The van der Waals surface area contributed by atoms with Crippen LogP contribution in [0.15, 0.2) is 38.4 Å². The molecule has 1 aromatic heterocycles. The molecule has 4 nitrogen and oxygen atoms in total. The van der Waals surface area contributed by atoms with Gasteiger partial charge >= 0.3 is 0 Å². The van der Waals surface area contributed by atoms with Crippen LogP contribution in [0.25, 0.3) is 0 Å². The number of hydrogen-bond donors (Lipinski definition) is 1. The molecule has 0 radical (unpaired) electrons. The van der Waals surface area contributed by atoms with E-state index < -0.39 is 0 Å². The van der Waals surface area contributed by atoms with E-state index in [0.29, 0.717) is 16.2 Å². The maximum atomic E-state index is 12.1. The molecule has 2 aromatic rings. The maximum absolute atomic E-state index is 12.1. The number of thioether (sulfide) groups is 1. The Bertz CT molecular complexity index is 758. The number of nitrogens with zero attached hydrogens (tertiary/aromatic N) is 1. The van der Waals surface area contributed by atoms with E-state index in [4.69, 9.17) is 4.74 Å². The molecule has 21 heavy (non-hydrogen) atoms. The minimum Gasteiger partial charge on any atom is -0.480 e. The predicted octanol–water partition coefficient (Wildman–Crippen LogP) is 3.64. The van der Waals surface area contributed by atoms with Gasteiger partial charge in [0.2, 0.25) is 0 Å². The van der Waals surface area contributed by atoms with E-state index in [1.54, 1.807) is 11.8 Å². The van der Waals surface area contributed by atoms with E-state index >= 15 is 0 Å². The van der Waals surface area contributed by atoms with Crippen molar-refractivity contribution in [3.8, 4) is 5.75 Å².